The number of rotatable bonds is 76. The van der Waals surface area contributed by atoms with Gasteiger partial charge in [-0.15, -0.1) is 0 Å². The molecule has 3 N–H and O–H groups in total. The molecular weight excluding hydrogens is 1210 g/mol. The highest BCUT2D eigenvalue weighted by molar-refractivity contribution is 7.47. The van der Waals surface area contributed by atoms with Crippen LogP contribution >= 0.6 is 15.6 Å². The summed E-state index contributed by atoms with van der Waals surface area (Å²) < 4.78 is 69.8. The monoisotopic (exact) mass is 1350 g/mol. The third kappa shape index (κ3) is 69.2. The zero-order valence-corrected chi connectivity index (χ0v) is 60.4. The molecule has 2 unspecified atom stereocenters. The van der Waals surface area contributed by atoms with E-state index in [1.54, 1.807) is 0 Å². The maximum absolute atomic E-state index is 13.0. The van der Waals surface area contributed by atoms with Crippen molar-refractivity contribution >= 4 is 40.2 Å². The summed E-state index contributed by atoms with van der Waals surface area (Å²) in [6.07, 6.45) is 62.8. The van der Waals surface area contributed by atoms with Gasteiger partial charge >= 0.3 is 27.6 Å². The van der Waals surface area contributed by atoms with Crippen molar-refractivity contribution in [1.29, 1.82) is 0 Å². The van der Waals surface area contributed by atoms with Crippen LogP contribution in [0.4, 0.5) is 0 Å². The summed E-state index contributed by atoms with van der Waals surface area (Å²) in [4.78, 5) is 67.9. The highest BCUT2D eigenvalue weighted by Crippen LogP contribution is 2.45. The van der Waals surface area contributed by atoms with Gasteiger partial charge in [-0.2, -0.15) is 0 Å². The number of carbonyl (C=O) groups excluding carboxylic acids is 4. The number of phosphoric acid groups is 2. The molecule has 0 amide bonds. The molecule has 92 heavy (non-hydrogen) atoms. The fourth-order valence-corrected chi connectivity index (χ4v) is 12.3. The summed E-state index contributed by atoms with van der Waals surface area (Å²) >= 11 is 0. The number of aldehydes is 2. The summed E-state index contributed by atoms with van der Waals surface area (Å²) in [5, 5.41) is 10.6. The molecule has 5 atom stereocenters. The number of ether oxygens (including phenoxy) is 4. The van der Waals surface area contributed by atoms with E-state index >= 15 is 0 Å². The lowest BCUT2D eigenvalue weighted by Gasteiger charge is -2.21. The molecule has 0 aromatic heterocycles. The van der Waals surface area contributed by atoms with E-state index in [1.165, 1.54) is 116 Å². The molecule has 0 aliphatic heterocycles. The van der Waals surface area contributed by atoms with Crippen LogP contribution in [0.2, 0.25) is 0 Å². The Balaban J connectivity index is 5.15. The van der Waals surface area contributed by atoms with Crippen LogP contribution in [0, 0.1) is 0 Å². The average molecular weight is 1350 g/mol. The zero-order chi connectivity index (χ0) is 67.2. The highest BCUT2D eigenvalue weighted by atomic mass is 31.2. The van der Waals surface area contributed by atoms with Crippen molar-refractivity contribution < 1.29 is 80.2 Å². The molecule has 0 heterocycles. The number of unbranched alkanes of at least 4 members (excludes halogenated alkanes) is 44. The Kier molecular flexibility index (Phi) is 68.6. The molecule has 0 aliphatic carbocycles. The SMILES string of the molecule is CCCCCCCCCCCCCCCC(=O)OC[C@H](COP(=O)(O)OC[C@H](O)COP(=O)(O)OC[C@@H](COCCCCCCC/C=C\CCCCCCC=O)OC(=O)CCCCCCCCCCCCCCC)OCCCCCCC/C=C\CCCCCCC=O. The standard InChI is InChI=1S/C73H138O17P2/c1-3-5-7-9-11-13-15-21-27-33-39-45-51-57-72(77)85-66-70(84-62-56-50-44-38-32-26-20-18-24-30-36-42-48-54-60-75)67-88-91(79,80)86-63-69(76)64-87-92(81,82)89-68-71(90-73(78)58-52-46-40-34-28-22-16-14-12-10-8-6-4-2)65-83-61-55-49-43-37-31-25-19-17-23-29-35-41-47-53-59-74/h17-20,59-60,69-71,76H,3-16,21-58,61-68H2,1-2H3,(H,79,80)(H,81,82)/b19-17-,20-18-/t69-,70+,71+/m0/s1. The molecule has 17 nitrogen and oxygen atoms in total. The number of hydrogen-bond donors (Lipinski definition) is 3. The van der Waals surface area contributed by atoms with E-state index in [0.717, 1.165) is 192 Å². The molecule has 542 valence electrons. The van der Waals surface area contributed by atoms with E-state index in [1.807, 2.05) is 0 Å². The second kappa shape index (κ2) is 70.2. The van der Waals surface area contributed by atoms with E-state index in [4.69, 9.17) is 37.0 Å². The maximum Gasteiger partial charge on any atom is 0.472 e. The normalized spacial score (nSPS) is 14.2. The van der Waals surface area contributed by atoms with Crippen LogP contribution in [0.3, 0.4) is 0 Å². The predicted octanol–water partition coefficient (Wildman–Crippen LogP) is 20.3. The van der Waals surface area contributed by atoms with Gasteiger partial charge in [0, 0.05) is 38.9 Å². The van der Waals surface area contributed by atoms with Crippen LogP contribution in [0.5, 0.6) is 0 Å². The Morgan fingerprint density at radius 1 is 0.348 bits per heavy atom. The molecule has 19 heteroatoms. The molecule has 0 rings (SSSR count). The number of aliphatic hydroxyl groups excluding tert-OH is 1. The molecule has 0 saturated carbocycles. The first-order chi connectivity index (χ1) is 44.9. The molecule has 0 fully saturated rings. The van der Waals surface area contributed by atoms with E-state index < -0.39 is 66.4 Å². The Labute approximate surface area is 561 Å². The van der Waals surface area contributed by atoms with Crippen LogP contribution in [0.15, 0.2) is 24.3 Å². The summed E-state index contributed by atoms with van der Waals surface area (Å²) in [5.74, 6) is -0.843. The van der Waals surface area contributed by atoms with Gasteiger partial charge in [0.05, 0.1) is 33.0 Å². The van der Waals surface area contributed by atoms with Crippen LogP contribution < -0.4 is 0 Å². The lowest BCUT2D eigenvalue weighted by Crippen LogP contribution is -2.29. The van der Waals surface area contributed by atoms with Crippen molar-refractivity contribution in [2.75, 3.05) is 52.9 Å². The quantitative estimate of drug-likeness (QED) is 0.0169. The Morgan fingerprint density at radius 2 is 0.652 bits per heavy atom. The van der Waals surface area contributed by atoms with E-state index in [-0.39, 0.29) is 32.0 Å². The van der Waals surface area contributed by atoms with Crippen LogP contribution in [0.25, 0.3) is 0 Å². The third-order valence-corrected chi connectivity index (χ3v) is 18.4. The van der Waals surface area contributed by atoms with Crippen molar-refractivity contribution in [3.05, 3.63) is 24.3 Å². The number of esters is 2. The summed E-state index contributed by atoms with van der Waals surface area (Å²) in [6.45, 7) is 2.38. The predicted molar refractivity (Wildman–Crippen MR) is 373 cm³/mol. The second-order valence-corrected chi connectivity index (χ2v) is 28.4. The first kappa shape index (κ1) is 89.9. The largest absolute Gasteiger partial charge is 0.472 e. The molecule has 0 saturated heterocycles. The van der Waals surface area contributed by atoms with Gasteiger partial charge in [-0.3, -0.25) is 27.7 Å². The molecular formula is C73H138O17P2. The van der Waals surface area contributed by atoms with Crippen molar-refractivity contribution in [2.24, 2.45) is 0 Å². The Hall–Kier alpha value is -2.14. The van der Waals surface area contributed by atoms with Gasteiger partial charge in [0.15, 0.2) is 0 Å². The third-order valence-electron chi connectivity index (χ3n) is 16.5. The minimum atomic E-state index is -4.84. The van der Waals surface area contributed by atoms with E-state index in [9.17, 15) is 43.2 Å². The Morgan fingerprint density at radius 3 is 1.03 bits per heavy atom. The fraction of sp³-hybridized carbons (Fsp3) is 0.890. The minimum Gasteiger partial charge on any atom is -0.463 e. The van der Waals surface area contributed by atoms with Gasteiger partial charge in [0.25, 0.3) is 0 Å². The smallest absolute Gasteiger partial charge is 0.463 e. The van der Waals surface area contributed by atoms with Gasteiger partial charge in [-0.05, 0) is 89.9 Å². The molecule has 0 aliphatic rings. The van der Waals surface area contributed by atoms with Crippen molar-refractivity contribution in [1.82, 2.24) is 0 Å². The zero-order valence-electron chi connectivity index (χ0n) is 58.6. The highest BCUT2D eigenvalue weighted by Gasteiger charge is 2.29. The van der Waals surface area contributed by atoms with Crippen molar-refractivity contribution in [2.45, 2.75) is 366 Å². The Bertz CT molecular complexity index is 1790. The number of aliphatic hydroxyl groups is 1. The van der Waals surface area contributed by atoms with Crippen molar-refractivity contribution in [3.63, 3.8) is 0 Å². The topological polar surface area (TPSA) is 237 Å². The molecule has 0 bridgehead atoms. The van der Waals surface area contributed by atoms with Crippen LogP contribution in [0.1, 0.15) is 348 Å². The van der Waals surface area contributed by atoms with Gasteiger partial charge in [0.2, 0.25) is 0 Å². The number of allylic oxidation sites excluding steroid dienone is 4. The molecule has 0 spiro atoms. The van der Waals surface area contributed by atoms with Gasteiger partial charge < -0.3 is 43.4 Å². The first-order valence-electron chi connectivity index (χ1n) is 37.5. The lowest BCUT2D eigenvalue weighted by molar-refractivity contribution is -0.154. The number of carbonyl (C=O) groups is 4. The fourth-order valence-electron chi connectivity index (χ4n) is 10.7. The minimum absolute atomic E-state index is 0.0610. The molecule has 0 radical (unpaired) electrons. The summed E-state index contributed by atoms with van der Waals surface area (Å²) in [7, 11) is -9.66. The van der Waals surface area contributed by atoms with E-state index in [0.29, 0.717) is 38.9 Å². The summed E-state index contributed by atoms with van der Waals surface area (Å²) in [5.41, 5.74) is 0. The molecule has 0 aromatic carbocycles. The van der Waals surface area contributed by atoms with Gasteiger partial charge in [-0.1, -0.05) is 256 Å². The average Bonchev–Trinajstić information content (AvgIpc) is 1.99. The number of phosphoric ester groups is 2. The van der Waals surface area contributed by atoms with Gasteiger partial charge in [-0.25, -0.2) is 9.13 Å². The van der Waals surface area contributed by atoms with Gasteiger partial charge in [0.1, 0.15) is 37.5 Å². The van der Waals surface area contributed by atoms with Crippen molar-refractivity contribution in [3.8, 4) is 0 Å². The maximum atomic E-state index is 13.0. The summed E-state index contributed by atoms with van der Waals surface area (Å²) in [6, 6.07) is 0. The van der Waals surface area contributed by atoms with Crippen LogP contribution in [-0.4, -0.2) is 111 Å². The van der Waals surface area contributed by atoms with E-state index in [2.05, 4.69) is 38.2 Å². The van der Waals surface area contributed by atoms with Crippen LogP contribution in [-0.2, 0) is 65.4 Å². The first-order valence-corrected chi connectivity index (χ1v) is 40.5. The number of hydrogen-bond acceptors (Lipinski definition) is 15. The lowest BCUT2D eigenvalue weighted by atomic mass is 10.0. The molecule has 0 aromatic rings. The second-order valence-electron chi connectivity index (χ2n) is 25.5.